The Bertz CT molecular complexity index is 3000. The normalized spacial score (nSPS) is 22.9. The van der Waals surface area contributed by atoms with Gasteiger partial charge in [0.15, 0.2) is 0 Å². The minimum absolute atomic E-state index is 0.0814. The summed E-state index contributed by atoms with van der Waals surface area (Å²) in [4.78, 5) is 2.46. The van der Waals surface area contributed by atoms with Crippen molar-refractivity contribution in [1.82, 2.24) is 0 Å². The summed E-state index contributed by atoms with van der Waals surface area (Å²) >= 11 is 0. The first-order valence-corrected chi connectivity index (χ1v) is 23.1. The monoisotopic (exact) mass is 797 g/mol. The van der Waals surface area contributed by atoms with Crippen molar-refractivity contribution in [2.24, 2.45) is 23.7 Å². The van der Waals surface area contributed by atoms with Gasteiger partial charge in [-0.3, -0.25) is 0 Å². The van der Waals surface area contributed by atoms with E-state index in [9.17, 15) is 0 Å². The van der Waals surface area contributed by atoms with E-state index < -0.39 is 0 Å². The number of anilines is 3. The summed E-state index contributed by atoms with van der Waals surface area (Å²) in [6.07, 6.45) is 7.18. The average molecular weight is 798 g/mol. The standard InChI is InChI=1S/C61H51N/c1-60(2)54-15-8-7-14-52(54)59-57(60)17-10-18-58(59)62(49-28-23-43(24-29-49)41-11-4-3-5-12-41)50-30-25-44(26-31-50)42-19-21-45(22-20-42)46-27-32-56-53(38-46)51-13-6-9-16-55(51)61(56)47-34-39-33-40(36-47)37-48(61)35-39/h3-32,38-40,47-48H,33-37H2,1-2H3. The second kappa shape index (κ2) is 13.5. The molecule has 8 aromatic carbocycles. The van der Waals surface area contributed by atoms with E-state index >= 15 is 0 Å². The highest BCUT2D eigenvalue weighted by molar-refractivity contribution is 5.95. The van der Waals surface area contributed by atoms with Crippen molar-refractivity contribution in [2.75, 3.05) is 4.90 Å². The fourth-order valence-electron chi connectivity index (χ4n) is 13.8. The topological polar surface area (TPSA) is 3.24 Å². The number of nitrogens with zero attached hydrogens (tertiary/aromatic N) is 1. The fourth-order valence-corrected chi connectivity index (χ4v) is 13.8. The fraction of sp³-hybridized carbons (Fsp3) is 0.213. The molecule has 0 radical (unpaired) electrons. The van der Waals surface area contributed by atoms with E-state index in [0.29, 0.717) is 0 Å². The molecular formula is C61H51N. The molecule has 1 heteroatoms. The Kier molecular flexibility index (Phi) is 7.91. The van der Waals surface area contributed by atoms with Gasteiger partial charge in [0.25, 0.3) is 0 Å². The maximum atomic E-state index is 2.54. The van der Waals surface area contributed by atoms with Crippen LogP contribution >= 0.6 is 0 Å². The lowest BCUT2D eigenvalue weighted by Gasteiger charge is -2.61. The molecule has 0 saturated heterocycles. The predicted molar refractivity (Wildman–Crippen MR) is 258 cm³/mol. The molecule has 0 atom stereocenters. The highest BCUT2D eigenvalue weighted by Gasteiger charge is 2.61. The zero-order valence-corrected chi connectivity index (χ0v) is 35.7. The molecule has 0 unspecified atom stereocenters. The van der Waals surface area contributed by atoms with Crippen molar-refractivity contribution in [1.29, 1.82) is 0 Å². The molecule has 0 N–H and O–H groups in total. The molecule has 4 fully saturated rings. The number of hydrogen-bond donors (Lipinski definition) is 0. The Morgan fingerprint density at radius 3 is 1.47 bits per heavy atom. The third-order valence-corrected chi connectivity index (χ3v) is 16.3. The zero-order valence-electron chi connectivity index (χ0n) is 35.7. The highest BCUT2D eigenvalue weighted by atomic mass is 15.1. The lowest BCUT2D eigenvalue weighted by atomic mass is 9.43. The summed E-state index contributed by atoms with van der Waals surface area (Å²) < 4.78 is 0. The van der Waals surface area contributed by atoms with Crippen LogP contribution in [-0.2, 0) is 10.8 Å². The Labute approximate surface area is 366 Å². The van der Waals surface area contributed by atoms with Crippen LogP contribution in [0.25, 0.3) is 55.6 Å². The SMILES string of the molecule is CC1(C)c2ccccc2-c2c(N(c3ccc(-c4ccccc4)cc3)c3ccc(-c4ccc(-c5ccc6c(c5)-c5ccccc5C65C6CC7CC(C6)CC5C7)cc4)cc3)cccc21. The van der Waals surface area contributed by atoms with Gasteiger partial charge < -0.3 is 4.90 Å². The van der Waals surface area contributed by atoms with Gasteiger partial charge in [0.2, 0.25) is 0 Å². The summed E-state index contributed by atoms with van der Waals surface area (Å²) in [5, 5.41) is 0. The van der Waals surface area contributed by atoms with Gasteiger partial charge in [-0.15, -0.1) is 0 Å². The molecular weight excluding hydrogens is 747 g/mol. The largest absolute Gasteiger partial charge is 0.310 e. The molecule has 62 heavy (non-hydrogen) atoms. The molecule has 0 aromatic heterocycles. The maximum Gasteiger partial charge on any atom is 0.0543 e. The molecule has 4 saturated carbocycles. The van der Waals surface area contributed by atoms with Gasteiger partial charge in [-0.2, -0.15) is 0 Å². The Morgan fingerprint density at radius 1 is 0.371 bits per heavy atom. The molecule has 1 nitrogen and oxygen atoms in total. The van der Waals surface area contributed by atoms with Crippen LogP contribution in [0.3, 0.4) is 0 Å². The van der Waals surface area contributed by atoms with E-state index in [1.54, 1.807) is 11.1 Å². The quantitative estimate of drug-likeness (QED) is 0.162. The van der Waals surface area contributed by atoms with Crippen LogP contribution < -0.4 is 4.90 Å². The number of rotatable bonds is 6. The van der Waals surface area contributed by atoms with Crippen molar-refractivity contribution in [3.63, 3.8) is 0 Å². The van der Waals surface area contributed by atoms with Gasteiger partial charge in [0.1, 0.15) is 0 Å². The molecule has 0 heterocycles. The summed E-state index contributed by atoms with van der Waals surface area (Å²) in [6, 6.07) is 71.0. The van der Waals surface area contributed by atoms with Crippen molar-refractivity contribution in [3.8, 4) is 55.6 Å². The summed E-state index contributed by atoms with van der Waals surface area (Å²) in [5.41, 5.74) is 22.8. The van der Waals surface area contributed by atoms with E-state index in [1.807, 2.05) is 0 Å². The van der Waals surface area contributed by atoms with Gasteiger partial charge in [-0.25, -0.2) is 0 Å². The molecule has 0 amide bonds. The third kappa shape index (κ3) is 5.21. The van der Waals surface area contributed by atoms with Gasteiger partial charge in [0, 0.05) is 27.8 Å². The van der Waals surface area contributed by atoms with Crippen molar-refractivity contribution in [3.05, 3.63) is 210 Å². The highest BCUT2D eigenvalue weighted by Crippen LogP contribution is 2.69. The zero-order chi connectivity index (χ0) is 41.2. The van der Waals surface area contributed by atoms with E-state index in [-0.39, 0.29) is 10.8 Å². The molecule has 4 bridgehead atoms. The number of hydrogen-bond acceptors (Lipinski definition) is 1. The number of benzene rings is 8. The molecule has 0 aliphatic heterocycles. The molecule has 6 aliphatic rings. The van der Waals surface area contributed by atoms with Crippen LogP contribution in [0.4, 0.5) is 17.1 Å². The lowest BCUT2D eigenvalue weighted by Crippen LogP contribution is -2.55. The van der Waals surface area contributed by atoms with Crippen molar-refractivity contribution < 1.29 is 0 Å². The second-order valence-electron chi connectivity index (χ2n) is 19.7. The van der Waals surface area contributed by atoms with Crippen LogP contribution in [-0.4, -0.2) is 0 Å². The molecule has 14 rings (SSSR count). The van der Waals surface area contributed by atoms with Gasteiger partial charge in [-0.05, 0) is 164 Å². The van der Waals surface area contributed by atoms with Crippen LogP contribution in [0.1, 0.15) is 68.2 Å². The first-order valence-electron chi connectivity index (χ1n) is 23.1. The van der Waals surface area contributed by atoms with Crippen LogP contribution in [0.2, 0.25) is 0 Å². The average Bonchev–Trinajstić information content (AvgIpc) is 3.74. The summed E-state index contributed by atoms with van der Waals surface area (Å²) in [6.45, 7) is 4.73. The van der Waals surface area contributed by atoms with Gasteiger partial charge in [0.05, 0.1) is 5.69 Å². The maximum absolute atomic E-state index is 2.54. The summed E-state index contributed by atoms with van der Waals surface area (Å²) in [5.74, 6) is 3.50. The first-order chi connectivity index (χ1) is 30.4. The van der Waals surface area contributed by atoms with Crippen molar-refractivity contribution in [2.45, 2.75) is 56.8 Å². The van der Waals surface area contributed by atoms with E-state index in [2.05, 4.69) is 207 Å². The Balaban J connectivity index is 0.846. The number of fused-ring (bicyclic) bond motifs is 6. The molecule has 6 aliphatic carbocycles. The summed E-state index contributed by atoms with van der Waals surface area (Å²) in [7, 11) is 0. The molecule has 1 spiro atoms. The Morgan fingerprint density at radius 2 is 0.839 bits per heavy atom. The minimum Gasteiger partial charge on any atom is -0.310 e. The van der Waals surface area contributed by atoms with E-state index in [1.165, 1.54) is 105 Å². The molecule has 300 valence electrons. The lowest BCUT2D eigenvalue weighted by molar-refractivity contribution is -0.0399. The van der Waals surface area contributed by atoms with E-state index in [0.717, 1.165) is 35.0 Å². The van der Waals surface area contributed by atoms with Crippen molar-refractivity contribution >= 4 is 17.1 Å². The van der Waals surface area contributed by atoms with Gasteiger partial charge >= 0.3 is 0 Å². The third-order valence-electron chi connectivity index (χ3n) is 16.3. The Hall–Kier alpha value is -6.44. The van der Waals surface area contributed by atoms with E-state index in [4.69, 9.17) is 0 Å². The van der Waals surface area contributed by atoms with Gasteiger partial charge in [-0.1, -0.05) is 166 Å². The second-order valence-corrected chi connectivity index (χ2v) is 19.7. The van der Waals surface area contributed by atoms with Crippen LogP contribution in [0.15, 0.2) is 188 Å². The van der Waals surface area contributed by atoms with Crippen LogP contribution in [0, 0.1) is 23.7 Å². The molecule has 8 aromatic rings. The van der Waals surface area contributed by atoms with Crippen LogP contribution in [0.5, 0.6) is 0 Å². The predicted octanol–water partition coefficient (Wildman–Crippen LogP) is 16.2. The first kappa shape index (κ1) is 36.2. The minimum atomic E-state index is -0.0814. The smallest absolute Gasteiger partial charge is 0.0543 e.